The third kappa shape index (κ3) is 5.29. The molecule has 0 aromatic heterocycles. The van der Waals surface area contributed by atoms with Gasteiger partial charge in [0.05, 0.1) is 17.2 Å². The highest BCUT2D eigenvalue weighted by Crippen LogP contribution is 2.61. The number of hydrogen-bond acceptors (Lipinski definition) is 4. The summed E-state index contributed by atoms with van der Waals surface area (Å²) < 4.78 is 47.9. The van der Waals surface area contributed by atoms with Gasteiger partial charge >= 0.3 is 6.18 Å². The van der Waals surface area contributed by atoms with Gasteiger partial charge in [0.1, 0.15) is 5.75 Å². The molecule has 200 valence electrons. The Kier molecular flexibility index (Phi) is 7.50. The maximum atomic E-state index is 14.0. The van der Waals surface area contributed by atoms with Crippen LogP contribution in [0.25, 0.3) is 0 Å². The van der Waals surface area contributed by atoms with Crippen molar-refractivity contribution in [2.24, 2.45) is 17.1 Å². The van der Waals surface area contributed by atoms with Crippen molar-refractivity contribution in [3.63, 3.8) is 0 Å². The Labute approximate surface area is 219 Å². The summed E-state index contributed by atoms with van der Waals surface area (Å²) in [7, 11) is 3.31. The average molecular weight is 538 g/mol. The second-order valence-corrected chi connectivity index (χ2v) is 10.6. The molecule has 1 heterocycles. The van der Waals surface area contributed by atoms with Crippen LogP contribution < -0.4 is 10.5 Å². The molecule has 1 spiro atoms. The van der Waals surface area contributed by atoms with E-state index in [0.29, 0.717) is 41.7 Å². The van der Waals surface area contributed by atoms with Gasteiger partial charge in [-0.15, -0.1) is 0 Å². The summed E-state index contributed by atoms with van der Waals surface area (Å²) in [5.74, 6) is -0.334. The van der Waals surface area contributed by atoms with Gasteiger partial charge in [-0.05, 0) is 60.8 Å². The molecule has 2 aromatic carbocycles. The zero-order valence-corrected chi connectivity index (χ0v) is 21.6. The van der Waals surface area contributed by atoms with E-state index in [0.717, 1.165) is 12.8 Å². The molecule has 0 unspecified atom stereocenters. The molecule has 0 bridgehead atoms. The van der Waals surface area contributed by atoms with Crippen molar-refractivity contribution in [3.05, 3.63) is 64.7 Å². The number of ether oxygens (including phenoxy) is 1. The molecular weight excluding hydrogens is 507 g/mol. The minimum absolute atomic E-state index is 0.0298. The van der Waals surface area contributed by atoms with Crippen molar-refractivity contribution in [1.29, 1.82) is 0 Å². The van der Waals surface area contributed by atoms with Gasteiger partial charge < -0.3 is 20.3 Å². The lowest BCUT2D eigenvalue weighted by atomic mass is 9.85. The number of alkyl halides is 3. The number of amides is 2. The van der Waals surface area contributed by atoms with Gasteiger partial charge in [-0.25, -0.2) is 0 Å². The van der Waals surface area contributed by atoms with Crippen molar-refractivity contribution in [2.75, 3.05) is 33.8 Å². The fourth-order valence-corrected chi connectivity index (χ4v) is 5.54. The lowest BCUT2D eigenvalue weighted by Crippen LogP contribution is -2.62. The number of halogens is 4. The zero-order valence-electron chi connectivity index (χ0n) is 20.9. The number of carbonyl (C=O) groups is 2. The smallest absolute Gasteiger partial charge is 0.419 e. The number of nitrogens with two attached hydrogens (primary N) is 1. The van der Waals surface area contributed by atoms with Gasteiger partial charge in [0.25, 0.3) is 11.8 Å². The van der Waals surface area contributed by atoms with Gasteiger partial charge in [-0.2, -0.15) is 13.2 Å². The minimum atomic E-state index is -4.92. The summed E-state index contributed by atoms with van der Waals surface area (Å²) in [6, 6.07) is 11.9. The number of carbonyl (C=O) groups excluding carboxylic acids is 2. The molecule has 37 heavy (non-hydrogen) atoms. The molecule has 2 amide bonds. The molecule has 6 nitrogen and oxygen atoms in total. The van der Waals surface area contributed by atoms with Crippen LogP contribution in [0.3, 0.4) is 0 Å². The molecule has 2 atom stereocenters. The van der Waals surface area contributed by atoms with E-state index in [1.807, 2.05) is 0 Å². The first-order valence-corrected chi connectivity index (χ1v) is 12.6. The summed E-state index contributed by atoms with van der Waals surface area (Å²) in [6.45, 7) is 0.949. The third-order valence-corrected chi connectivity index (χ3v) is 8.04. The van der Waals surface area contributed by atoms with Gasteiger partial charge in [0.15, 0.2) is 0 Å². The van der Waals surface area contributed by atoms with Gasteiger partial charge in [0, 0.05) is 27.2 Å². The van der Waals surface area contributed by atoms with Gasteiger partial charge in [-0.1, -0.05) is 41.9 Å². The highest BCUT2D eigenvalue weighted by molar-refractivity contribution is 6.34. The van der Waals surface area contributed by atoms with E-state index < -0.39 is 17.6 Å². The number of likely N-dealkylation sites (tertiary alicyclic amines) is 1. The first kappa shape index (κ1) is 27.3. The first-order chi connectivity index (χ1) is 17.4. The standard InChI is InChI=1S/C27H31ClF3N3O3/c1-33(2)23(35)21-9-8-20(16-22(21)28)37-15-10-19-17-25(19)11-13-34(14-12-25)24(36)26(32,27(29,30)31)18-6-4-3-5-7-18/h3-9,16,19H,10-15,17,32H2,1-2H3/t19-,26+/m0/s1. The summed E-state index contributed by atoms with van der Waals surface area (Å²) >= 11 is 6.24. The Balaban J connectivity index is 1.30. The lowest BCUT2D eigenvalue weighted by Gasteiger charge is -2.39. The van der Waals surface area contributed by atoms with E-state index in [4.69, 9.17) is 22.1 Å². The summed E-state index contributed by atoms with van der Waals surface area (Å²) in [5, 5.41) is 0.321. The lowest BCUT2D eigenvalue weighted by molar-refractivity contribution is -0.201. The maximum Gasteiger partial charge on any atom is 0.419 e. The van der Waals surface area contributed by atoms with E-state index in [1.54, 1.807) is 38.4 Å². The highest BCUT2D eigenvalue weighted by atomic mass is 35.5. The van der Waals surface area contributed by atoms with Crippen LogP contribution in [0.15, 0.2) is 48.5 Å². The topological polar surface area (TPSA) is 75.9 Å². The van der Waals surface area contributed by atoms with E-state index in [2.05, 4.69) is 0 Å². The summed E-state index contributed by atoms with van der Waals surface area (Å²) in [4.78, 5) is 27.9. The molecule has 1 saturated carbocycles. The predicted molar refractivity (Wildman–Crippen MR) is 134 cm³/mol. The number of rotatable bonds is 7. The van der Waals surface area contributed by atoms with E-state index in [9.17, 15) is 22.8 Å². The van der Waals surface area contributed by atoms with Crippen LogP contribution in [0.4, 0.5) is 13.2 Å². The number of benzene rings is 2. The number of nitrogens with zero attached hydrogens (tertiary/aromatic N) is 2. The van der Waals surface area contributed by atoms with Crippen LogP contribution >= 0.6 is 11.6 Å². The summed E-state index contributed by atoms with van der Waals surface area (Å²) in [5.41, 5.74) is 2.90. The van der Waals surface area contributed by atoms with Crippen LogP contribution in [0.2, 0.25) is 5.02 Å². The normalized spacial score (nSPS) is 20.3. The highest BCUT2D eigenvalue weighted by Gasteiger charge is 2.62. The summed E-state index contributed by atoms with van der Waals surface area (Å²) in [6.07, 6.45) is -1.89. The third-order valence-electron chi connectivity index (χ3n) is 7.73. The van der Waals surface area contributed by atoms with E-state index >= 15 is 0 Å². The molecule has 2 aromatic rings. The van der Waals surface area contributed by atoms with Crippen molar-refractivity contribution in [1.82, 2.24) is 9.80 Å². The Morgan fingerprint density at radius 1 is 1.14 bits per heavy atom. The Morgan fingerprint density at radius 2 is 1.78 bits per heavy atom. The number of hydrogen-bond donors (Lipinski definition) is 1. The Bertz CT molecular complexity index is 1150. The Hall–Kier alpha value is -2.78. The fraction of sp³-hybridized carbons (Fsp3) is 0.481. The maximum absolute atomic E-state index is 14.0. The van der Waals surface area contributed by atoms with Crippen molar-refractivity contribution in [3.8, 4) is 5.75 Å². The number of piperidine rings is 1. The monoisotopic (exact) mass is 537 g/mol. The molecule has 2 aliphatic rings. The molecule has 1 saturated heterocycles. The molecular formula is C27H31ClF3N3O3. The second-order valence-electron chi connectivity index (χ2n) is 10.2. The van der Waals surface area contributed by atoms with Crippen LogP contribution in [-0.4, -0.2) is 61.6 Å². The van der Waals surface area contributed by atoms with Crippen molar-refractivity contribution < 1.29 is 27.5 Å². The van der Waals surface area contributed by atoms with Crippen LogP contribution in [0.1, 0.15) is 41.6 Å². The molecule has 1 aliphatic carbocycles. The predicted octanol–water partition coefficient (Wildman–Crippen LogP) is 4.86. The van der Waals surface area contributed by atoms with Crippen molar-refractivity contribution in [2.45, 2.75) is 37.4 Å². The molecule has 4 rings (SSSR count). The Morgan fingerprint density at radius 3 is 2.35 bits per heavy atom. The van der Waals surface area contributed by atoms with E-state index in [1.165, 1.54) is 34.1 Å². The SMILES string of the molecule is CN(C)C(=O)c1ccc(OCC[C@H]2CC23CCN(C(=O)[C@](N)(c2ccccc2)C(F)(F)F)CC3)cc1Cl. The molecule has 2 fully saturated rings. The average Bonchev–Trinajstić information content (AvgIpc) is 3.53. The van der Waals surface area contributed by atoms with Crippen LogP contribution in [0.5, 0.6) is 5.75 Å². The largest absolute Gasteiger partial charge is 0.494 e. The molecule has 1 aliphatic heterocycles. The fourth-order valence-electron chi connectivity index (χ4n) is 5.29. The first-order valence-electron chi connectivity index (χ1n) is 12.2. The molecule has 0 radical (unpaired) electrons. The quantitative estimate of drug-likeness (QED) is 0.547. The van der Waals surface area contributed by atoms with E-state index in [-0.39, 0.29) is 30.0 Å². The van der Waals surface area contributed by atoms with Crippen LogP contribution in [-0.2, 0) is 10.3 Å². The van der Waals surface area contributed by atoms with Crippen LogP contribution in [0, 0.1) is 11.3 Å². The molecule has 2 N–H and O–H groups in total. The van der Waals surface area contributed by atoms with Crippen molar-refractivity contribution >= 4 is 23.4 Å². The van der Waals surface area contributed by atoms with Gasteiger partial charge in [0.2, 0.25) is 5.54 Å². The second kappa shape index (κ2) is 10.2. The minimum Gasteiger partial charge on any atom is -0.494 e. The van der Waals surface area contributed by atoms with Gasteiger partial charge in [-0.3, -0.25) is 9.59 Å². The zero-order chi connectivity index (χ0) is 27.0. The molecule has 10 heteroatoms.